The summed E-state index contributed by atoms with van der Waals surface area (Å²) in [6.07, 6.45) is 1.99. The molecule has 0 saturated heterocycles. The third kappa shape index (κ3) is 3.70. The highest BCUT2D eigenvalue weighted by Gasteiger charge is 2.18. The number of nitrogens with zero attached hydrogens (tertiary/aromatic N) is 1. The van der Waals surface area contributed by atoms with Gasteiger partial charge >= 0.3 is 0 Å². The highest BCUT2D eigenvalue weighted by molar-refractivity contribution is 6.21. The average molecular weight is 548 g/mol. The first-order valence-electron chi connectivity index (χ1n) is 14.6. The van der Waals surface area contributed by atoms with Crippen LogP contribution in [0.3, 0.4) is 0 Å². The van der Waals surface area contributed by atoms with E-state index in [1.807, 2.05) is 6.20 Å². The van der Waals surface area contributed by atoms with Crippen LogP contribution < -0.4 is 0 Å². The van der Waals surface area contributed by atoms with E-state index in [1.165, 1.54) is 43.4 Å². The van der Waals surface area contributed by atoms with Crippen molar-refractivity contribution in [2.45, 2.75) is 0 Å². The van der Waals surface area contributed by atoms with Crippen LogP contribution in [-0.4, -0.2) is 4.98 Å². The Labute approximate surface area is 248 Å². The molecule has 2 heterocycles. The summed E-state index contributed by atoms with van der Waals surface area (Å²) in [5.74, 6) is 0. The fourth-order valence-electron chi connectivity index (χ4n) is 6.73. The van der Waals surface area contributed by atoms with Crippen molar-refractivity contribution in [3.8, 4) is 33.5 Å². The molecule has 0 bridgehead atoms. The van der Waals surface area contributed by atoms with Crippen LogP contribution in [0.2, 0.25) is 0 Å². The summed E-state index contributed by atoms with van der Waals surface area (Å²) >= 11 is 0. The number of para-hydroxylation sites is 1. The molecule has 0 atom stereocenters. The van der Waals surface area contributed by atoms with Crippen molar-refractivity contribution >= 4 is 54.3 Å². The van der Waals surface area contributed by atoms with E-state index >= 15 is 0 Å². The molecule has 9 aromatic rings. The lowest BCUT2D eigenvalue weighted by molar-refractivity contribution is 0.670. The second-order valence-corrected chi connectivity index (χ2v) is 11.1. The highest BCUT2D eigenvalue weighted by Crippen LogP contribution is 2.43. The summed E-state index contributed by atoms with van der Waals surface area (Å²) in [5.41, 5.74) is 8.48. The van der Waals surface area contributed by atoms with E-state index in [-0.39, 0.29) is 0 Å². The molecule has 0 spiro atoms. The van der Waals surface area contributed by atoms with Gasteiger partial charge in [-0.2, -0.15) is 0 Å². The second-order valence-electron chi connectivity index (χ2n) is 11.1. The molecule has 200 valence electrons. The Morgan fingerprint density at radius 3 is 1.70 bits per heavy atom. The van der Waals surface area contributed by atoms with Gasteiger partial charge in [-0.25, -0.2) is 0 Å². The molecular formula is C41H25NO. The maximum absolute atomic E-state index is 6.50. The zero-order valence-corrected chi connectivity index (χ0v) is 23.3. The minimum Gasteiger partial charge on any atom is -0.455 e. The summed E-state index contributed by atoms with van der Waals surface area (Å²) in [6, 6.07) is 51.6. The molecule has 0 aliphatic heterocycles. The normalized spacial score (nSPS) is 11.7. The molecule has 0 saturated carbocycles. The monoisotopic (exact) mass is 547 g/mol. The van der Waals surface area contributed by atoms with Crippen LogP contribution in [0.1, 0.15) is 0 Å². The maximum atomic E-state index is 6.50. The Morgan fingerprint density at radius 1 is 0.419 bits per heavy atom. The van der Waals surface area contributed by atoms with E-state index in [2.05, 4.69) is 146 Å². The lowest BCUT2D eigenvalue weighted by Gasteiger charge is -2.17. The van der Waals surface area contributed by atoms with E-state index in [0.29, 0.717) is 0 Å². The largest absolute Gasteiger partial charge is 0.455 e. The van der Waals surface area contributed by atoms with E-state index in [4.69, 9.17) is 9.40 Å². The maximum Gasteiger partial charge on any atom is 0.143 e. The van der Waals surface area contributed by atoms with Crippen LogP contribution in [0.4, 0.5) is 0 Å². The molecular weight excluding hydrogens is 522 g/mol. The Morgan fingerprint density at radius 2 is 1.02 bits per heavy atom. The number of hydrogen-bond donors (Lipinski definition) is 0. The van der Waals surface area contributed by atoms with Gasteiger partial charge in [-0.1, -0.05) is 127 Å². The predicted octanol–water partition coefficient (Wildman–Crippen LogP) is 11.4. The molecule has 0 aliphatic carbocycles. The number of aromatic nitrogens is 1. The minimum absolute atomic E-state index is 0.894. The van der Waals surface area contributed by atoms with Gasteiger partial charge in [0.05, 0.1) is 5.69 Å². The Balaban J connectivity index is 1.23. The number of fused-ring (bicyclic) bond motifs is 6. The molecule has 0 amide bonds. The van der Waals surface area contributed by atoms with Crippen LogP contribution >= 0.6 is 0 Å². The summed E-state index contributed by atoms with van der Waals surface area (Å²) in [5, 5.41) is 9.51. The van der Waals surface area contributed by atoms with Gasteiger partial charge in [0.15, 0.2) is 0 Å². The van der Waals surface area contributed by atoms with E-state index in [0.717, 1.165) is 44.3 Å². The lowest BCUT2D eigenvalue weighted by Crippen LogP contribution is -1.92. The van der Waals surface area contributed by atoms with Crippen molar-refractivity contribution in [3.05, 3.63) is 152 Å². The molecule has 0 fully saturated rings. The summed E-state index contributed by atoms with van der Waals surface area (Å²) in [7, 11) is 0. The van der Waals surface area contributed by atoms with Gasteiger partial charge in [-0.3, -0.25) is 4.98 Å². The molecule has 9 rings (SSSR count). The summed E-state index contributed by atoms with van der Waals surface area (Å²) in [6.45, 7) is 0. The fourth-order valence-corrected chi connectivity index (χ4v) is 6.73. The van der Waals surface area contributed by atoms with Crippen LogP contribution in [0.5, 0.6) is 0 Å². The van der Waals surface area contributed by atoms with Crippen molar-refractivity contribution in [2.24, 2.45) is 0 Å². The molecule has 0 unspecified atom stereocenters. The van der Waals surface area contributed by atoms with Gasteiger partial charge in [0.2, 0.25) is 0 Å². The first-order chi connectivity index (χ1) is 21.3. The quantitative estimate of drug-likeness (QED) is 0.206. The summed E-state index contributed by atoms with van der Waals surface area (Å²) < 4.78 is 6.50. The van der Waals surface area contributed by atoms with Crippen molar-refractivity contribution in [1.29, 1.82) is 0 Å². The lowest BCUT2D eigenvalue weighted by atomic mass is 9.87. The smallest absolute Gasteiger partial charge is 0.143 e. The third-order valence-corrected chi connectivity index (χ3v) is 8.69. The first-order valence-corrected chi connectivity index (χ1v) is 14.6. The molecule has 2 nitrogen and oxygen atoms in total. The zero-order chi connectivity index (χ0) is 28.3. The average Bonchev–Trinajstić information content (AvgIpc) is 3.44. The van der Waals surface area contributed by atoms with Crippen molar-refractivity contribution in [1.82, 2.24) is 4.98 Å². The molecule has 0 radical (unpaired) electrons. The Kier molecular flexibility index (Phi) is 5.23. The van der Waals surface area contributed by atoms with E-state index in [1.54, 1.807) is 0 Å². The van der Waals surface area contributed by atoms with Gasteiger partial charge in [-0.15, -0.1) is 0 Å². The zero-order valence-electron chi connectivity index (χ0n) is 23.3. The van der Waals surface area contributed by atoms with Crippen molar-refractivity contribution in [3.63, 3.8) is 0 Å². The summed E-state index contributed by atoms with van der Waals surface area (Å²) in [4.78, 5) is 5.09. The Bertz CT molecular complexity index is 2430. The first kappa shape index (κ1) is 23.9. The van der Waals surface area contributed by atoms with Crippen LogP contribution in [-0.2, 0) is 0 Å². The molecule has 0 aliphatic rings. The van der Waals surface area contributed by atoms with Crippen molar-refractivity contribution < 1.29 is 4.42 Å². The standard InChI is InChI=1S/C41H25NO/c1-2-11-26(12-3-1)39-31-15-6-8-17-33(31)40(34-18-9-7-16-32(34)39)37-22-21-29(25-42-37)30-19-10-20-35-36-23-27-13-4-5-14-28(27)24-38(36)43-41(30)35/h1-25H. The molecule has 0 N–H and O–H groups in total. The number of hydrogen-bond acceptors (Lipinski definition) is 2. The molecule has 2 heteroatoms. The third-order valence-electron chi connectivity index (χ3n) is 8.69. The number of furan rings is 1. The van der Waals surface area contributed by atoms with E-state index < -0.39 is 0 Å². The van der Waals surface area contributed by atoms with Crippen molar-refractivity contribution in [2.75, 3.05) is 0 Å². The van der Waals surface area contributed by atoms with E-state index in [9.17, 15) is 0 Å². The SMILES string of the molecule is c1ccc(-c2c3ccccc3c(-c3ccc(-c4cccc5c4oc4cc6ccccc6cc45)cn3)c3ccccc23)cc1. The number of benzene rings is 7. The molecule has 43 heavy (non-hydrogen) atoms. The van der Waals surface area contributed by atoms with Crippen LogP contribution in [0.15, 0.2) is 156 Å². The minimum atomic E-state index is 0.894. The topological polar surface area (TPSA) is 26.0 Å². The fraction of sp³-hybridized carbons (Fsp3) is 0. The van der Waals surface area contributed by atoms with Gasteiger partial charge in [-0.05, 0) is 61.6 Å². The van der Waals surface area contributed by atoms with Gasteiger partial charge in [0.25, 0.3) is 0 Å². The van der Waals surface area contributed by atoms with Crippen LogP contribution in [0.25, 0.3) is 87.8 Å². The molecule has 2 aromatic heterocycles. The van der Waals surface area contributed by atoms with Gasteiger partial charge < -0.3 is 4.42 Å². The highest BCUT2D eigenvalue weighted by atomic mass is 16.3. The predicted molar refractivity (Wildman–Crippen MR) is 180 cm³/mol. The number of pyridine rings is 1. The molecule has 7 aromatic carbocycles. The van der Waals surface area contributed by atoms with Crippen LogP contribution in [0, 0.1) is 0 Å². The number of rotatable bonds is 3. The van der Waals surface area contributed by atoms with Gasteiger partial charge in [0, 0.05) is 33.7 Å². The second kappa shape index (κ2) is 9.40. The van der Waals surface area contributed by atoms with Gasteiger partial charge in [0.1, 0.15) is 11.2 Å². The Hall–Kier alpha value is -5.73.